The molecule has 5 nitrogen and oxygen atoms in total. The Morgan fingerprint density at radius 3 is 1.75 bits per heavy atom. The molecule has 0 aromatic carbocycles. The van der Waals surface area contributed by atoms with Gasteiger partial charge in [0.15, 0.2) is 0 Å². The van der Waals surface area contributed by atoms with Crippen LogP contribution in [0.4, 0.5) is 11.6 Å². The van der Waals surface area contributed by atoms with Gasteiger partial charge in [0.1, 0.15) is 11.6 Å². The lowest BCUT2D eigenvalue weighted by Crippen LogP contribution is -2.39. The maximum Gasteiger partial charge on any atom is 0.131 e. The van der Waals surface area contributed by atoms with Crippen molar-refractivity contribution >= 4 is 11.6 Å². The number of rotatable bonds is 3. The minimum atomic E-state index is 0.797. The SMILES string of the molecule is CCc1cc(N2CCOCC2)nc(N2CCOCC2)c1. The summed E-state index contributed by atoms with van der Waals surface area (Å²) < 4.78 is 10.9. The standard InChI is InChI=1S/C15H23N3O2/c1-2-13-11-14(17-3-7-19-8-4-17)16-15(12-13)18-5-9-20-10-6-18/h11-12H,2-10H2,1H3. The van der Waals surface area contributed by atoms with Crippen LogP contribution in [0.15, 0.2) is 12.1 Å². The molecular formula is C15H23N3O2. The van der Waals surface area contributed by atoms with Gasteiger partial charge in [0, 0.05) is 26.2 Å². The molecule has 1 aromatic rings. The average Bonchev–Trinajstić information content (AvgIpc) is 2.56. The maximum absolute atomic E-state index is 5.43. The molecule has 0 atom stereocenters. The molecule has 110 valence electrons. The Morgan fingerprint density at radius 2 is 1.35 bits per heavy atom. The van der Waals surface area contributed by atoms with Gasteiger partial charge in [0.2, 0.25) is 0 Å². The summed E-state index contributed by atoms with van der Waals surface area (Å²) in [6, 6.07) is 4.44. The smallest absolute Gasteiger partial charge is 0.131 e. The molecule has 3 rings (SSSR count). The first-order valence-corrected chi connectivity index (χ1v) is 7.53. The third-order valence-corrected chi connectivity index (χ3v) is 3.94. The number of aryl methyl sites for hydroxylation is 1. The molecule has 3 heterocycles. The molecule has 0 unspecified atom stereocenters. The van der Waals surface area contributed by atoms with Crippen LogP contribution in [-0.2, 0) is 15.9 Å². The number of nitrogens with zero attached hydrogens (tertiary/aromatic N) is 3. The van der Waals surface area contributed by atoms with Gasteiger partial charge < -0.3 is 19.3 Å². The molecular weight excluding hydrogens is 254 g/mol. The van der Waals surface area contributed by atoms with Crippen LogP contribution in [0.1, 0.15) is 12.5 Å². The lowest BCUT2D eigenvalue weighted by atomic mass is 10.2. The minimum Gasteiger partial charge on any atom is -0.378 e. The van der Waals surface area contributed by atoms with Gasteiger partial charge in [0.05, 0.1) is 26.4 Å². The highest BCUT2D eigenvalue weighted by atomic mass is 16.5. The van der Waals surface area contributed by atoms with Gasteiger partial charge in [-0.05, 0) is 24.1 Å². The predicted octanol–water partition coefficient (Wildman–Crippen LogP) is 1.32. The fraction of sp³-hybridized carbons (Fsp3) is 0.667. The maximum atomic E-state index is 5.43. The van der Waals surface area contributed by atoms with Crippen LogP contribution in [-0.4, -0.2) is 57.6 Å². The van der Waals surface area contributed by atoms with Gasteiger partial charge in [-0.15, -0.1) is 0 Å². The first-order valence-electron chi connectivity index (χ1n) is 7.53. The van der Waals surface area contributed by atoms with Gasteiger partial charge in [-0.3, -0.25) is 0 Å². The van der Waals surface area contributed by atoms with Crippen molar-refractivity contribution < 1.29 is 9.47 Å². The number of ether oxygens (including phenoxy) is 2. The number of aromatic nitrogens is 1. The third-order valence-electron chi connectivity index (χ3n) is 3.94. The summed E-state index contributed by atoms with van der Waals surface area (Å²) in [5, 5.41) is 0. The van der Waals surface area contributed by atoms with E-state index in [1.54, 1.807) is 0 Å². The van der Waals surface area contributed by atoms with Crippen molar-refractivity contribution in [3.63, 3.8) is 0 Å². The molecule has 0 bridgehead atoms. The average molecular weight is 277 g/mol. The second kappa shape index (κ2) is 6.41. The lowest BCUT2D eigenvalue weighted by molar-refractivity contribution is 0.121. The van der Waals surface area contributed by atoms with Gasteiger partial charge in [-0.2, -0.15) is 0 Å². The molecule has 2 fully saturated rings. The fourth-order valence-electron chi connectivity index (χ4n) is 2.67. The third kappa shape index (κ3) is 3.04. The van der Waals surface area contributed by atoms with Crippen LogP contribution < -0.4 is 9.80 Å². The second-order valence-electron chi connectivity index (χ2n) is 5.24. The minimum absolute atomic E-state index is 0.797. The Bertz CT molecular complexity index is 404. The van der Waals surface area contributed by atoms with E-state index in [1.165, 1.54) is 5.56 Å². The number of pyridine rings is 1. The van der Waals surface area contributed by atoms with E-state index in [0.29, 0.717) is 0 Å². The van der Waals surface area contributed by atoms with Crippen LogP contribution >= 0.6 is 0 Å². The van der Waals surface area contributed by atoms with Crippen molar-refractivity contribution in [1.82, 2.24) is 4.98 Å². The fourth-order valence-corrected chi connectivity index (χ4v) is 2.67. The second-order valence-corrected chi connectivity index (χ2v) is 5.24. The Balaban J connectivity index is 1.85. The van der Waals surface area contributed by atoms with E-state index in [2.05, 4.69) is 28.9 Å². The van der Waals surface area contributed by atoms with Crippen molar-refractivity contribution in [2.24, 2.45) is 0 Å². The Morgan fingerprint density at radius 1 is 0.900 bits per heavy atom. The number of hydrogen-bond donors (Lipinski definition) is 0. The molecule has 2 aliphatic rings. The molecule has 2 saturated heterocycles. The predicted molar refractivity (Wildman–Crippen MR) is 79.7 cm³/mol. The Kier molecular flexibility index (Phi) is 4.38. The molecule has 2 aliphatic heterocycles. The molecule has 1 aromatic heterocycles. The van der Waals surface area contributed by atoms with Gasteiger partial charge in [0.25, 0.3) is 0 Å². The Labute approximate surface area is 120 Å². The highest BCUT2D eigenvalue weighted by Gasteiger charge is 2.17. The summed E-state index contributed by atoms with van der Waals surface area (Å²) in [6.07, 6.45) is 1.04. The molecule has 0 saturated carbocycles. The van der Waals surface area contributed by atoms with Crippen LogP contribution in [0.5, 0.6) is 0 Å². The zero-order valence-corrected chi connectivity index (χ0v) is 12.2. The zero-order chi connectivity index (χ0) is 13.8. The van der Waals surface area contributed by atoms with Crippen molar-refractivity contribution in [2.45, 2.75) is 13.3 Å². The van der Waals surface area contributed by atoms with Gasteiger partial charge in [-0.1, -0.05) is 6.92 Å². The highest BCUT2D eigenvalue weighted by Crippen LogP contribution is 2.22. The normalized spacial score (nSPS) is 20.2. The van der Waals surface area contributed by atoms with Crippen molar-refractivity contribution in [3.05, 3.63) is 17.7 Å². The number of morpholine rings is 2. The van der Waals surface area contributed by atoms with Crippen LogP contribution in [0.3, 0.4) is 0 Å². The van der Waals surface area contributed by atoms with E-state index in [1.807, 2.05) is 0 Å². The molecule has 0 aliphatic carbocycles. The topological polar surface area (TPSA) is 37.8 Å². The van der Waals surface area contributed by atoms with Crippen molar-refractivity contribution in [3.8, 4) is 0 Å². The largest absolute Gasteiger partial charge is 0.378 e. The van der Waals surface area contributed by atoms with Crippen LogP contribution in [0.25, 0.3) is 0 Å². The van der Waals surface area contributed by atoms with E-state index >= 15 is 0 Å². The highest BCUT2D eigenvalue weighted by molar-refractivity contribution is 5.52. The molecule has 0 amide bonds. The quantitative estimate of drug-likeness (QED) is 0.833. The summed E-state index contributed by atoms with van der Waals surface area (Å²) in [5.41, 5.74) is 1.35. The summed E-state index contributed by atoms with van der Waals surface area (Å²) in [5.74, 6) is 2.18. The Hall–Kier alpha value is -1.33. The molecule has 5 heteroatoms. The van der Waals surface area contributed by atoms with Crippen molar-refractivity contribution in [1.29, 1.82) is 0 Å². The molecule has 0 radical (unpaired) electrons. The molecule has 20 heavy (non-hydrogen) atoms. The summed E-state index contributed by atoms with van der Waals surface area (Å²) in [7, 11) is 0. The summed E-state index contributed by atoms with van der Waals surface area (Å²) in [6.45, 7) is 9.12. The van der Waals surface area contributed by atoms with E-state index in [0.717, 1.165) is 70.7 Å². The zero-order valence-electron chi connectivity index (χ0n) is 12.2. The molecule has 0 N–H and O–H groups in total. The monoisotopic (exact) mass is 277 g/mol. The van der Waals surface area contributed by atoms with E-state index in [4.69, 9.17) is 14.5 Å². The van der Waals surface area contributed by atoms with Gasteiger partial charge in [-0.25, -0.2) is 4.98 Å². The van der Waals surface area contributed by atoms with E-state index in [-0.39, 0.29) is 0 Å². The number of anilines is 2. The summed E-state index contributed by atoms with van der Waals surface area (Å²) >= 11 is 0. The lowest BCUT2D eigenvalue weighted by Gasteiger charge is -2.31. The van der Waals surface area contributed by atoms with Crippen molar-refractivity contribution in [2.75, 3.05) is 62.4 Å². The van der Waals surface area contributed by atoms with E-state index in [9.17, 15) is 0 Å². The summed E-state index contributed by atoms with van der Waals surface area (Å²) in [4.78, 5) is 9.52. The van der Waals surface area contributed by atoms with E-state index < -0.39 is 0 Å². The van der Waals surface area contributed by atoms with Crippen LogP contribution in [0, 0.1) is 0 Å². The number of hydrogen-bond acceptors (Lipinski definition) is 5. The molecule has 0 spiro atoms. The van der Waals surface area contributed by atoms with Crippen LogP contribution in [0.2, 0.25) is 0 Å². The first-order chi connectivity index (χ1) is 9.86. The first kappa shape index (κ1) is 13.6. The van der Waals surface area contributed by atoms with Gasteiger partial charge >= 0.3 is 0 Å².